The van der Waals surface area contributed by atoms with Gasteiger partial charge in [0, 0.05) is 6.54 Å². The first-order chi connectivity index (χ1) is 6.43. The molecule has 1 amide bonds. The number of hydrogen-bond donors (Lipinski definition) is 3. The van der Waals surface area contributed by atoms with Gasteiger partial charge >= 0.3 is 5.97 Å². The van der Waals surface area contributed by atoms with E-state index >= 15 is 0 Å². The number of carboxylic acid groups (broad SMARTS) is 1. The van der Waals surface area contributed by atoms with Crippen molar-refractivity contribution >= 4 is 11.9 Å². The molecule has 0 aliphatic carbocycles. The molecule has 0 bridgehead atoms. The minimum absolute atomic E-state index is 0.0892. The van der Waals surface area contributed by atoms with Crippen molar-refractivity contribution in [1.29, 1.82) is 0 Å². The van der Waals surface area contributed by atoms with Crippen LogP contribution in [0, 0.1) is 5.92 Å². The summed E-state index contributed by atoms with van der Waals surface area (Å²) in [5.41, 5.74) is -1.18. The van der Waals surface area contributed by atoms with E-state index in [0.717, 1.165) is 13.0 Å². The van der Waals surface area contributed by atoms with E-state index in [1.54, 1.807) is 0 Å². The third-order valence-corrected chi connectivity index (χ3v) is 2.40. The van der Waals surface area contributed by atoms with Crippen LogP contribution < -0.4 is 10.6 Å². The highest BCUT2D eigenvalue weighted by molar-refractivity contribution is 5.87. The molecule has 5 heteroatoms. The molecule has 5 nitrogen and oxygen atoms in total. The van der Waals surface area contributed by atoms with Crippen LogP contribution in [0.15, 0.2) is 0 Å². The molecule has 1 aliphatic heterocycles. The standard InChI is InChI=1S/C9H16N2O3/c1-9(2,8(13)14)11-7(12)6-3-4-10-5-6/h6,10H,3-5H2,1-2H3,(H,11,12)(H,13,14). The summed E-state index contributed by atoms with van der Waals surface area (Å²) in [5, 5.41) is 14.4. The van der Waals surface area contributed by atoms with Crippen molar-refractivity contribution in [3.63, 3.8) is 0 Å². The van der Waals surface area contributed by atoms with Crippen LogP contribution in [-0.2, 0) is 9.59 Å². The van der Waals surface area contributed by atoms with Crippen LogP contribution >= 0.6 is 0 Å². The number of nitrogens with one attached hydrogen (secondary N) is 2. The van der Waals surface area contributed by atoms with Gasteiger partial charge in [-0.25, -0.2) is 4.79 Å². The van der Waals surface area contributed by atoms with Gasteiger partial charge in [0.2, 0.25) is 5.91 Å². The smallest absolute Gasteiger partial charge is 0.328 e. The number of rotatable bonds is 3. The number of amides is 1. The Morgan fingerprint density at radius 1 is 1.50 bits per heavy atom. The van der Waals surface area contributed by atoms with Gasteiger partial charge in [0.15, 0.2) is 0 Å². The maximum atomic E-state index is 11.6. The van der Waals surface area contributed by atoms with Gasteiger partial charge in [-0.1, -0.05) is 0 Å². The van der Waals surface area contributed by atoms with Gasteiger partial charge in [-0.15, -0.1) is 0 Å². The lowest BCUT2D eigenvalue weighted by Crippen LogP contribution is -2.51. The molecule has 1 aliphatic rings. The number of hydrogen-bond acceptors (Lipinski definition) is 3. The van der Waals surface area contributed by atoms with Gasteiger partial charge in [-0.2, -0.15) is 0 Å². The summed E-state index contributed by atoms with van der Waals surface area (Å²) in [7, 11) is 0. The molecule has 0 aromatic rings. The van der Waals surface area contributed by atoms with E-state index in [4.69, 9.17) is 5.11 Å². The number of carbonyl (C=O) groups is 2. The second kappa shape index (κ2) is 3.96. The molecule has 3 N–H and O–H groups in total. The van der Waals surface area contributed by atoms with Gasteiger partial charge < -0.3 is 15.7 Å². The zero-order chi connectivity index (χ0) is 10.8. The average Bonchev–Trinajstić information content (AvgIpc) is 2.54. The van der Waals surface area contributed by atoms with Crippen LogP contribution in [0.4, 0.5) is 0 Å². The van der Waals surface area contributed by atoms with E-state index in [1.807, 2.05) is 0 Å². The second-order valence-corrected chi connectivity index (χ2v) is 4.11. The van der Waals surface area contributed by atoms with Crippen LogP contribution in [0.3, 0.4) is 0 Å². The maximum Gasteiger partial charge on any atom is 0.328 e. The number of aliphatic carboxylic acids is 1. The van der Waals surface area contributed by atoms with Crippen molar-refractivity contribution in [3.05, 3.63) is 0 Å². The zero-order valence-electron chi connectivity index (χ0n) is 8.46. The predicted octanol–water partition coefficient (Wildman–Crippen LogP) is -0.425. The number of carboxylic acids is 1. The van der Waals surface area contributed by atoms with Crippen molar-refractivity contribution in [2.45, 2.75) is 25.8 Å². The Morgan fingerprint density at radius 2 is 2.14 bits per heavy atom. The molecule has 0 radical (unpaired) electrons. The van der Waals surface area contributed by atoms with E-state index < -0.39 is 11.5 Å². The quantitative estimate of drug-likeness (QED) is 0.578. The predicted molar refractivity (Wildman–Crippen MR) is 50.8 cm³/mol. The van der Waals surface area contributed by atoms with Gasteiger partial charge in [-0.05, 0) is 26.8 Å². The minimum atomic E-state index is -1.18. The van der Waals surface area contributed by atoms with Crippen molar-refractivity contribution in [3.8, 4) is 0 Å². The van der Waals surface area contributed by atoms with Crippen molar-refractivity contribution in [2.75, 3.05) is 13.1 Å². The van der Waals surface area contributed by atoms with Crippen molar-refractivity contribution in [2.24, 2.45) is 5.92 Å². The zero-order valence-corrected chi connectivity index (χ0v) is 8.46. The summed E-state index contributed by atoms with van der Waals surface area (Å²) in [4.78, 5) is 22.3. The molecular formula is C9H16N2O3. The fourth-order valence-corrected chi connectivity index (χ4v) is 1.34. The summed E-state index contributed by atoms with van der Waals surface area (Å²) in [6.45, 7) is 4.43. The van der Waals surface area contributed by atoms with Crippen LogP contribution in [-0.4, -0.2) is 35.6 Å². The van der Waals surface area contributed by atoms with E-state index in [2.05, 4.69) is 10.6 Å². The highest BCUT2D eigenvalue weighted by Gasteiger charge is 2.32. The third-order valence-electron chi connectivity index (χ3n) is 2.40. The molecule has 1 unspecified atom stereocenters. The molecule has 0 aromatic carbocycles. The Balaban J connectivity index is 2.51. The summed E-state index contributed by atoms with van der Waals surface area (Å²) in [5.74, 6) is -1.28. The van der Waals surface area contributed by atoms with Gasteiger partial charge in [-0.3, -0.25) is 4.79 Å². The van der Waals surface area contributed by atoms with Gasteiger partial charge in [0.05, 0.1) is 5.92 Å². The lowest BCUT2D eigenvalue weighted by molar-refractivity contribution is -0.146. The number of carbonyl (C=O) groups excluding carboxylic acids is 1. The first-order valence-electron chi connectivity index (χ1n) is 4.69. The Hall–Kier alpha value is -1.10. The lowest BCUT2D eigenvalue weighted by atomic mass is 10.0. The second-order valence-electron chi connectivity index (χ2n) is 4.11. The van der Waals surface area contributed by atoms with E-state index in [1.165, 1.54) is 13.8 Å². The summed E-state index contributed by atoms with van der Waals surface area (Å²) < 4.78 is 0. The molecule has 1 atom stereocenters. The Morgan fingerprint density at radius 3 is 2.57 bits per heavy atom. The van der Waals surface area contributed by atoms with Crippen molar-refractivity contribution in [1.82, 2.24) is 10.6 Å². The molecule has 1 fully saturated rings. The third kappa shape index (κ3) is 2.45. The van der Waals surface area contributed by atoms with E-state index in [-0.39, 0.29) is 11.8 Å². The SMILES string of the molecule is CC(C)(NC(=O)C1CCNC1)C(=O)O. The topological polar surface area (TPSA) is 78.4 Å². The first-order valence-corrected chi connectivity index (χ1v) is 4.69. The molecule has 0 aromatic heterocycles. The normalized spacial score (nSPS) is 22.0. The first kappa shape index (κ1) is 11.0. The van der Waals surface area contributed by atoms with Crippen LogP contribution in [0.2, 0.25) is 0 Å². The van der Waals surface area contributed by atoms with Gasteiger partial charge in [0.25, 0.3) is 0 Å². The fraction of sp³-hybridized carbons (Fsp3) is 0.778. The minimum Gasteiger partial charge on any atom is -0.480 e. The Kier molecular flexibility index (Phi) is 3.10. The van der Waals surface area contributed by atoms with Gasteiger partial charge in [0.1, 0.15) is 5.54 Å². The molecule has 14 heavy (non-hydrogen) atoms. The Labute approximate surface area is 82.9 Å². The average molecular weight is 200 g/mol. The van der Waals surface area contributed by atoms with Crippen molar-refractivity contribution < 1.29 is 14.7 Å². The molecule has 0 saturated carbocycles. The fourth-order valence-electron chi connectivity index (χ4n) is 1.34. The van der Waals surface area contributed by atoms with Crippen LogP contribution in [0.1, 0.15) is 20.3 Å². The largest absolute Gasteiger partial charge is 0.480 e. The highest BCUT2D eigenvalue weighted by atomic mass is 16.4. The molecule has 0 spiro atoms. The monoisotopic (exact) mass is 200 g/mol. The molecular weight excluding hydrogens is 184 g/mol. The van der Waals surface area contributed by atoms with Crippen LogP contribution in [0.5, 0.6) is 0 Å². The summed E-state index contributed by atoms with van der Waals surface area (Å²) in [6.07, 6.45) is 0.779. The lowest BCUT2D eigenvalue weighted by Gasteiger charge is -2.22. The van der Waals surface area contributed by atoms with E-state index in [9.17, 15) is 9.59 Å². The maximum absolute atomic E-state index is 11.6. The summed E-state index contributed by atoms with van der Waals surface area (Å²) in [6, 6.07) is 0. The molecule has 1 rings (SSSR count). The van der Waals surface area contributed by atoms with E-state index in [0.29, 0.717) is 6.54 Å². The molecule has 1 heterocycles. The van der Waals surface area contributed by atoms with Crippen LogP contribution in [0.25, 0.3) is 0 Å². The molecule has 80 valence electrons. The Bertz CT molecular complexity index is 244. The molecule has 1 saturated heterocycles. The highest BCUT2D eigenvalue weighted by Crippen LogP contribution is 2.10. The summed E-state index contributed by atoms with van der Waals surface area (Å²) >= 11 is 0.